The Balaban J connectivity index is 4.58. The molecule has 0 rings (SSSR count). The summed E-state index contributed by atoms with van der Waals surface area (Å²) in [4.78, 5) is 21.3. The Morgan fingerprint density at radius 3 is 2.20 bits per heavy atom. The zero-order valence-corrected chi connectivity index (χ0v) is 7.91. The minimum Gasteiger partial charge on any atom is -0.480 e. The van der Waals surface area contributed by atoms with Crippen molar-refractivity contribution in [3.8, 4) is 0 Å². The van der Waals surface area contributed by atoms with E-state index in [1.807, 2.05) is 0 Å². The lowest BCUT2D eigenvalue weighted by Gasteiger charge is -2.25. The highest BCUT2D eigenvalue weighted by Gasteiger charge is 2.34. The zero-order valence-electron chi connectivity index (χ0n) is 7.91. The fraction of sp³-hybridized carbons (Fsp3) is 0.714. The summed E-state index contributed by atoms with van der Waals surface area (Å²) in [6, 6.07) is -1.28. The third-order valence-corrected chi connectivity index (χ3v) is 1.68. The molecule has 1 unspecified atom stereocenters. The second kappa shape index (κ2) is 4.96. The van der Waals surface area contributed by atoms with Crippen LogP contribution in [0, 0.1) is 0 Å². The van der Waals surface area contributed by atoms with E-state index in [0.29, 0.717) is 4.90 Å². The average molecular weight is 228 g/mol. The molecular weight excluding hydrogens is 217 g/mol. The summed E-state index contributed by atoms with van der Waals surface area (Å²) in [5.74, 6) is -2.45. The molecule has 88 valence electrons. The minimum atomic E-state index is -4.57. The number of hydrogen-bond donors (Lipinski definition) is 2. The van der Waals surface area contributed by atoms with Gasteiger partial charge in [0.05, 0.1) is 19.1 Å². The van der Waals surface area contributed by atoms with E-state index in [4.69, 9.17) is 10.8 Å². The maximum Gasteiger partial charge on any atom is 0.401 e. The van der Waals surface area contributed by atoms with E-state index in [1.54, 1.807) is 0 Å². The van der Waals surface area contributed by atoms with E-state index >= 15 is 0 Å². The topological polar surface area (TPSA) is 83.6 Å². The molecule has 3 N–H and O–H groups in total. The van der Waals surface area contributed by atoms with Crippen LogP contribution < -0.4 is 5.73 Å². The van der Waals surface area contributed by atoms with Gasteiger partial charge in [-0.3, -0.25) is 14.5 Å². The number of amides is 1. The summed E-state index contributed by atoms with van der Waals surface area (Å²) in [6.07, 6.45) is -4.57. The maximum absolute atomic E-state index is 12.0. The van der Waals surface area contributed by atoms with Crippen LogP contribution in [0.1, 0.15) is 6.92 Å². The lowest BCUT2D eigenvalue weighted by Crippen LogP contribution is -2.48. The minimum absolute atomic E-state index is 0.449. The van der Waals surface area contributed by atoms with Gasteiger partial charge in [-0.05, 0) is 6.92 Å². The van der Waals surface area contributed by atoms with E-state index in [9.17, 15) is 22.8 Å². The lowest BCUT2D eigenvalue weighted by atomic mass is 10.2. The van der Waals surface area contributed by atoms with Gasteiger partial charge in [-0.25, -0.2) is 0 Å². The zero-order chi connectivity index (χ0) is 12.2. The molecule has 0 aliphatic carbocycles. The highest BCUT2D eigenvalue weighted by Crippen LogP contribution is 2.17. The lowest BCUT2D eigenvalue weighted by molar-refractivity contribution is -0.159. The van der Waals surface area contributed by atoms with Gasteiger partial charge in [0.2, 0.25) is 5.91 Å². The molecule has 0 aromatic rings. The second-order valence-corrected chi connectivity index (χ2v) is 2.99. The van der Waals surface area contributed by atoms with Crippen LogP contribution in [-0.2, 0) is 9.59 Å². The number of carbonyl (C=O) groups is 2. The first-order chi connectivity index (χ1) is 6.63. The molecule has 0 aliphatic heterocycles. The molecule has 0 aliphatic rings. The molecule has 1 atom stereocenters. The second-order valence-electron chi connectivity index (χ2n) is 2.99. The first kappa shape index (κ1) is 13.7. The SMILES string of the molecule is CC(C(N)=O)N(CC(=O)O)CC(F)(F)F. The molecule has 0 saturated heterocycles. The highest BCUT2D eigenvalue weighted by atomic mass is 19.4. The molecule has 8 heteroatoms. The molecule has 0 fully saturated rings. The molecule has 0 heterocycles. The molecule has 1 amide bonds. The molecule has 0 aromatic heterocycles. The number of nitrogens with zero attached hydrogens (tertiary/aromatic N) is 1. The quantitative estimate of drug-likeness (QED) is 0.683. The van der Waals surface area contributed by atoms with Crippen LogP contribution in [0.25, 0.3) is 0 Å². The molecular formula is C7H11F3N2O3. The van der Waals surface area contributed by atoms with Gasteiger partial charge in [-0.2, -0.15) is 13.2 Å². The standard InChI is InChI=1S/C7H11F3N2O3/c1-4(6(11)15)12(2-5(13)14)3-7(8,9)10/h4H,2-3H2,1H3,(H2,11,15)(H,13,14). The molecule has 0 bridgehead atoms. The molecule has 0 saturated carbocycles. The third-order valence-electron chi connectivity index (χ3n) is 1.68. The van der Waals surface area contributed by atoms with Gasteiger partial charge in [0.1, 0.15) is 0 Å². The highest BCUT2D eigenvalue weighted by molar-refractivity contribution is 5.80. The number of rotatable bonds is 5. The van der Waals surface area contributed by atoms with E-state index in [-0.39, 0.29) is 0 Å². The predicted octanol–water partition coefficient (Wildman–Crippen LogP) is -0.191. The number of hydrogen-bond acceptors (Lipinski definition) is 3. The van der Waals surface area contributed by atoms with Crippen molar-refractivity contribution in [3.05, 3.63) is 0 Å². The van der Waals surface area contributed by atoms with Gasteiger partial charge in [0, 0.05) is 0 Å². The Morgan fingerprint density at radius 2 is 1.93 bits per heavy atom. The normalized spacial score (nSPS) is 13.9. The number of carbonyl (C=O) groups excluding carboxylic acids is 1. The molecule has 0 spiro atoms. The van der Waals surface area contributed by atoms with Crippen molar-refractivity contribution in [3.63, 3.8) is 0 Å². The van der Waals surface area contributed by atoms with Gasteiger partial charge < -0.3 is 10.8 Å². The fourth-order valence-corrected chi connectivity index (χ4v) is 0.914. The van der Waals surface area contributed by atoms with Gasteiger partial charge in [-0.1, -0.05) is 0 Å². The summed E-state index contributed by atoms with van der Waals surface area (Å²) < 4.78 is 36.0. The molecule has 0 radical (unpaired) electrons. The van der Waals surface area contributed by atoms with Crippen molar-refractivity contribution in [1.29, 1.82) is 0 Å². The third kappa shape index (κ3) is 5.89. The van der Waals surface area contributed by atoms with Gasteiger partial charge in [0.15, 0.2) is 0 Å². The van der Waals surface area contributed by atoms with E-state index in [2.05, 4.69) is 0 Å². The largest absolute Gasteiger partial charge is 0.480 e. The molecule has 5 nitrogen and oxygen atoms in total. The Morgan fingerprint density at radius 1 is 1.47 bits per heavy atom. The van der Waals surface area contributed by atoms with Crippen LogP contribution in [0.5, 0.6) is 0 Å². The predicted molar refractivity (Wildman–Crippen MR) is 43.9 cm³/mol. The number of primary amides is 1. The van der Waals surface area contributed by atoms with Gasteiger partial charge >= 0.3 is 12.1 Å². The van der Waals surface area contributed by atoms with Crippen LogP contribution in [0.15, 0.2) is 0 Å². The summed E-state index contributed by atoms with van der Waals surface area (Å²) >= 11 is 0. The van der Waals surface area contributed by atoms with Crippen LogP contribution in [0.4, 0.5) is 13.2 Å². The average Bonchev–Trinajstić information content (AvgIpc) is 1.97. The van der Waals surface area contributed by atoms with Crippen LogP contribution in [-0.4, -0.2) is 47.2 Å². The van der Waals surface area contributed by atoms with E-state index < -0.39 is 37.2 Å². The first-order valence-corrected chi connectivity index (χ1v) is 3.95. The van der Waals surface area contributed by atoms with Crippen molar-refractivity contribution < 1.29 is 27.9 Å². The number of halogens is 3. The number of alkyl halides is 3. The van der Waals surface area contributed by atoms with E-state index in [0.717, 1.165) is 6.92 Å². The summed E-state index contributed by atoms with van der Waals surface area (Å²) in [5.41, 5.74) is 4.79. The first-order valence-electron chi connectivity index (χ1n) is 3.95. The van der Waals surface area contributed by atoms with Crippen molar-refractivity contribution in [2.45, 2.75) is 19.1 Å². The van der Waals surface area contributed by atoms with Crippen molar-refractivity contribution in [2.75, 3.05) is 13.1 Å². The van der Waals surface area contributed by atoms with Crippen LogP contribution in [0.3, 0.4) is 0 Å². The molecule has 0 aromatic carbocycles. The van der Waals surface area contributed by atoms with Crippen molar-refractivity contribution in [1.82, 2.24) is 4.90 Å². The van der Waals surface area contributed by atoms with Crippen LogP contribution >= 0.6 is 0 Å². The maximum atomic E-state index is 12.0. The van der Waals surface area contributed by atoms with Crippen molar-refractivity contribution in [2.24, 2.45) is 5.73 Å². The van der Waals surface area contributed by atoms with E-state index in [1.165, 1.54) is 0 Å². The van der Waals surface area contributed by atoms with Gasteiger partial charge in [-0.15, -0.1) is 0 Å². The molecule has 15 heavy (non-hydrogen) atoms. The summed E-state index contributed by atoms with van der Waals surface area (Å²) in [5, 5.41) is 8.35. The number of nitrogens with two attached hydrogens (primary N) is 1. The van der Waals surface area contributed by atoms with Crippen molar-refractivity contribution >= 4 is 11.9 Å². The summed E-state index contributed by atoms with van der Waals surface area (Å²) in [7, 11) is 0. The Bertz CT molecular complexity index is 254. The van der Waals surface area contributed by atoms with Crippen LogP contribution in [0.2, 0.25) is 0 Å². The Kier molecular flexibility index (Phi) is 4.53. The smallest absolute Gasteiger partial charge is 0.401 e. The Labute approximate surface area is 83.6 Å². The number of aliphatic carboxylic acids is 1. The number of carboxylic acid groups (broad SMARTS) is 1. The number of carboxylic acids is 1. The summed E-state index contributed by atoms with van der Waals surface area (Å²) in [6.45, 7) is -1.25. The van der Waals surface area contributed by atoms with Gasteiger partial charge in [0.25, 0.3) is 0 Å². The monoisotopic (exact) mass is 228 g/mol. The fourth-order valence-electron chi connectivity index (χ4n) is 0.914. The Hall–Kier alpha value is -1.31.